The molecule has 0 saturated carbocycles. The number of thioether (sulfide) groups is 1. The summed E-state index contributed by atoms with van der Waals surface area (Å²) in [4.78, 5) is 16.8. The molecule has 1 saturated heterocycles. The van der Waals surface area contributed by atoms with Gasteiger partial charge >= 0.3 is 0 Å². The number of nitrogens with zero attached hydrogens (tertiary/aromatic N) is 1. The van der Waals surface area contributed by atoms with E-state index in [1.165, 1.54) is 6.20 Å². The number of ether oxygens (including phenoxy) is 1. The maximum atomic E-state index is 12.5. The van der Waals surface area contributed by atoms with Crippen LogP contribution < -0.4 is 10.1 Å². The van der Waals surface area contributed by atoms with Crippen LogP contribution in [0.15, 0.2) is 42.6 Å². The molecule has 1 aromatic carbocycles. The molecule has 0 radical (unpaired) electrons. The van der Waals surface area contributed by atoms with Crippen LogP contribution >= 0.6 is 11.8 Å². The van der Waals surface area contributed by atoms with E-state index < -0.39 is 6.10 Å². The third-order valence-electron chi connectivity index (χ3n) is 4.66. The lowest BCUT2D eigenvalue weighted by atomic mass is 10.1. The van der Waals surface area contributed by atoms with Gasteiger partial charge in [0.05, 0.1) is 17.7 Å². The number of carbonyl (C=O) groups is 1. The van der Waals surface area contributed by atoms with E-state index in [4.69, 9.17) is 4.74 Å². The van der Waals surface area contributed by atoms with Crippen molar-refractivity contribution in [1.82, 2.24) is 10.3 Å². The van der Waals surface area contributed by atoms with E-state index in [1.807, 2.05) is 36.0 Å². The summed E-state index contributed by atoms with van der Waals surface area (Å²) in [5.41, 5.74) is 2.52. The predicted molar refractivity (Wildman–Crippen MR) is 97.0 cm³/mol. The first kappa shape index (κ1) is 16.4. The van der Waals surface area contributed by atoms with Gasteiger partial charge in [0.2, 0.25) is 5.88 Å². The lowest BCUT2D eigenvalue weighted by Crippen LogP contribution is -2.33. The van der Waals surface area contributed by atoms with Gasteiger partial charge in [-0.2, -0.15) is 11.8 Å². The zero-order chi connectivity index (χ0) is 17.2. The molecule has 6 heteroatoms. The highest BCUT2D eigenvalue weighted by atomic mass is 32.2. The summed E-state index contributed by atoms with van der Waals surface area (Å²) in [6, 6.07) is 10.9. The summed E-state index contributed by atoms with van der Waals surface area (Å²) >= 11 is 1.88. The molecule has 0 bridgehead atoms. The first-order chi connectivity index (χ1) is 12.2. The molecular weight excluding hydrogens is 336 g/mol. The highest BCUT2D eigenvalue weighted by Crippen LogP contribution is 2.31. The van der Waals surface area contributed by atoms with Crippen LogP contribution in [0.25, 0.3) is 0 Å². The van der Waals surface area contributed by atoms with Gasteiger partial charge < -0.3 is 15.2 Å². The summed E-state index contributed by atoms with van der Waals surface area (Å²) < 4.78 is 5.80. The monoisotopic (exact) mass is 356 g/mol. The number of aromatic nitrogens is 1. The van der Waals surface area contributed by atoms with Crippen LogP contribution in [0, 0.1) is 0 Å². The highest BCUT2D eigenvalue weighted by molar-refractivity contribution is 7.99. The van der Waals surface area contributed by atoms with Crippen LogP contribution in [-0.4, -0.2) is 39.7 Å². The quantitative estimate of drug-likeness (QED) is 0.880. The largest absolute Gasteiger partial charge is 0.473 e. The first-order valence-corrected chi connectivity index (χ1v) is 9.63. The second-order valence-corrected chi connectivity index (χ2v) is 7.56. The van der Waals surface area contributed by atoms with Crippen molar-refractivity contribution in [1.29, 1.82) is 0 Å². The molecule has 1 aromatic heterocycles. The Morgan fingerprint density at radius 3 is 2.92 bits per heavy atom. The molecule has 2 aliphatic rings. The van der Waals surface area contributed by atoms with Crippen molar-refractivity contribution in [3.8, 4) is 5.88 Å². The summed E-state index contributed by atoms with van der Waals surface area (Å²) in [5, 5.41) is 13.2. The zero-order valence-electron chi connectivity index (χ0n) is 13.7. The van der Waals surface area contributed by atoms with Crippen LogP contribution in [0.2, 0.25) is 0 Å². The summed E-state index contributed by atoms with van der Waals surface area (Å²) in [5.74, 6) is 2.42. The Labute approximate surface area is 150 Å². The van der Waals surface area contributed by atoms with E-state index in [0.717, 1.165) is 29.1 Å². The molecule has 4 rings (SSSR count). The molecule has 1 fully saturated rings. The van der Waals surface area contributed by atoms with Crippen LogP contribution in [0.4, 0.5) is 0 Å². The second-order valence-electron chi connectivity index (χ2n) is 6.41. The maximum Gasteiger partial charge on any atom is 0.253 e. The van der Waals surface area contributed by atoms with Crippen molar-refractivity contribution in [3.05, 3.63) is 59.3 Å². The number of rotatable bonds is 4. The molecule has 25 heavy (non-hydrogen) atoms. The molecule has 3 unspecified atom stereocenters. The van der Waals surface area contributed by atoms with Crippen molar-refractivity contribution in [2.24, 2.45) is 0 Å². The molecule has 1 aliphatic heterocycles. The minimum Gasteiger partial charge on any atom is -0.473 e. The fourth-order valence-electron chi connectivity index (χ4n) is 3.33. The number of fused-ring (bicyclic) bond motifs is 1. The van der Waals surface area contributed by atoms with Crippen LogP contribution in [0.3, 0.4) is 0 Å². The number of carbonyl (C=O) groups excluding carboxylic acids is 1. The number of nitrogens with one attached hydrogen (secondary N) is 1. The fourth-order valence-corrected chi connectivity index (χ4v) is 4.43. The molecule has 130 valence electrons. The minimum atomic E-state index is -0.600. The predicted octanol–water partition coefficient (Wildman–Crippen LogP) is 2.35. The Morgan fingerprint density at radius 2 is 2.16 bits per heavy atom. The van der Waals surface area contributed by atoms with Crippen molar-refractivity contribution in [2.75, 3.05) is 11.5 Å². The van der Waals surface area contributed by atoms with Gasteiger partial charge in [0, 0.05) is 24.4 Å². The zero-order valence-corrected chi connectivity index (χ0v) is 14.5. The maximum absolute atomic E-state index is 12.5. The minimum absolute atomic E-state index is 0.210. The van der Waals surface area contributed by atoms with Crippen molar-refractivity contribution < 1.29 is 14.6 Å². The van der Waals surface area contributed by atoms with Crippen LogP contribution in [0.5, 0.6) is 5.88 Å². The molecule has 0 spiro atoms. The van der Waals surface area contributed by atoms with E-state index >= 15 is 0 Å². The van der Waals surface area contributed by atoms with Crippen molar-refractivity contribution in [2.45, 2.75) is 31.1 Å². The Kier molecular flexibility index (Phi) is 4.63. The van der Waals surface area contributed by atoms with Crippen LogP contribution in [-0.2, 0) is 6.42 Å². The molecule has 1 amide bonds. The van der Waals surface area contributed by atoms with Crippen LogP contribution in [0.1, 0.15) is 33.9 Å². The Balaban J connectivity index is 1.42. The normalized spacial score (nSPS) is 24.8. The number of amides is 1. The molecule has 5 nitrogen and oxygen atoms in total. The molecular formula is C19H20N2O3S. The van der Waals surface area contributed by atoms with E-state index in [-0.39, 0.29) is 18.1 Å². The number of aliphatic hydroxyl groups is 1. The van der Waals surface area contributed by atoms with Gasteiger partial charge in [0.15, 0.2) is 0 Å². The Hall–Kier alpha value is -2.05. The van der Waals surface area contributed by atoms with E-state index in [9.17, 15) is 9.90 Å². The molecule has 1 aliphatic carbocycles. The second kappa shape index (κ2) is 7.06. The first-order valence-electron chi connectivity index (χ1n) is 8.48. The molecule has 2 N–H and O–H groups in total. The average molecular weight is 356 g/mol. The number of hydrogen-bond acceptors (Lipinski definition) is 5. The Bertz CT molecular complexity index is 760. The third-order valence-corrected chi connectivity index (χ3v) is 5.80. The SMILES string of the molecule is O=C(NC1c2ccccc2CC1O)c1ccc(OC2CCSC2)nc1. The fraction of sp³-hybridized carbons (Fsp3) is 0.368. The number of hydrogen-bond donors (Lipinski definition) is 2. The lowest BCUT2D eigenvalue weighted by Gasteiger charge is -2.18. The van der Waals surface area contributed by atoms with Gasteiger partial charge in [-0.15, -0.1) is 0 Å². The van der Waals surface area contributed by atoms with Gasteiger partial charge in [0.25, 0.3) is 5.91 Å². The summed E-state index contributed by atoms with van der Waals surface area (Å²) in [6.07, 6.45) is 2.73. The third kappa shape index (κ3) is 3.50. The lowest BCUT2D eigenvalue weighted by molar-refractivity contribution is 0.0857. The van der Waals surface area contributed by atoms with Gasteiger partial charge in [-0.25, -0.2) is 4.98 Å². The summed E-state index contributed by atoms with van der Waals surface area (Å²) in [6.45, 7) is 0. The molecule has 3 atom stereocenters. The van der Waals surface area contributed by atoms with Crippen molar-refractivity contribution >= 4 is 17.7 Å². The van der Waals surface area contributed by atoms with Crippen molar-refractivity contribution in [3.63, 3.8) is 0 Å². The molecule has 2 heterocycles. The smallest absolute Gasteiger partial charge is 0.253 e. The molecule has 2 aromatic rings. The van der Waals surface area contributed by atoms with Gasteiger partial charge in [-0.1, -0.05) is 24.3 Å². The number of aliphatic hydroxyl groups excluding tert-OH is 1. The average Bonchev–Trinajstić information content (AvgIpc) is 3.24. The number of benzene rings is 1. The number of pyridine rings is 1. The van der Waals surface area contributed by atoms with E-state index in [2.05, 4.69) is 10.3 Å². The van der Waals surface area contributed by atoms with Gasteiger partial charge in [-0.05, 0) is 29.4 Å². The topological polar surface area (TPSA) is 71.5 Å². The van der Waals surface area contributed by atoms with E-state index in [0.29, 0.717) is 17.9 Å². The standard InChI is InChI=1S/C19H20N2O3S/c22-16-9-12-3-1-2-4-15(12)18(16)21-19(23)13-5-6-17(20-10-13)24-14-7-8-25-11-14/h1-6,10,14,16,18,22H,7-9,11H2,(H,21,23). The Morgan fingerprint density at radius 1 is 1.28 bits per heavy atom. The summed E-state index contributed by atoms with van der Waals surface area (Å²) in [7, 11) is 0. The van der Waals surface area contributed by atoms with Gasteiger partial charge in [-0.3, -0.25) is 4.79 Å². The highest BCUT2D eigenvalue weighted by Gasteiger charge is 2.32. The van der Waals surface area contributed by atoms with Gasteiger partial charge in [0.1, 0.15) is 6.10 Å². The van der Waals surface area contributed by atoms with E-state index in [1.54, 1.807) is 12.1 Å².